The van der Waals surface area contributed by atoms with Crippen LogP contribution in [0.15, 0.2) is 30.9 Å². The predicted molar refractivity (Wildman–Crippen MR) is 78.2 cm³/mol. The second-order valence-electron chi connectivity index (χ2n) is 4.63. The van der Waals surface area contributed by atoms with Gasteiger partial charge < -0.3 is 5.32 Å². The molecule has 0 aromatic heterocycles. The number of allylic oxidation sites excluding steroid dienone is 1. The van der Waals surface area contributed by atoms with Gasteiger partial charge in [-0.25, -0.2) is 0 Å². The topological polar surface area (TPSA) is 55.2 Å². The lowest BCUT2D eigenvalue weighted by molar-refractivity contribution is -0.385. The maximum Gasteiger partial charge on any atom is 0.272 e. The SMILES string of the molecule is C=CCCCCCNCc1cccc([N+](=O)[O-])c1C. The monoisotopic (exact) mass is 262 g/mol. The maximum atomic E-state index is 10.8. The number of hydrogen-bond donors (Lipinski definition) is 1. The van der Waals surface area contributed by atoms with E-state index in [1.807, 2.05) is 12.1 Å². The van der Waals surface area contributed by atoms with Gasteiger partial charge in [-0.05, 0) is 38.3 Å². The third-order valence-corrected chi connectivity index (χ3v) is 3.19. The number of benzene rings is 1. The fourth-order valence-electron chi connectivity index (χ4n) is 2.00. The molecule has 4 heteroatoms. The van der Waals surface area contributed by atoms with Crippen molar-refractivity contribution in [3.8, 4) is 0 Å². The summed E-state index contributed by atoms with van der Waals surface area (Å²) < 4.78 is 0. The lowest BCUT2D eigenvalue weighted by Crippen LogP contribution is -2.15. The number of nitrogens with zero attached hydrogens (tertiary/aromatic N) is 1. The highest BCUT2D eigenvalue weighted by atomic mass is 16.6. The summed E-state index contributed by atoms with van der Waals surface area (Å²) in [6.07, 6.45) is 6.51. The number of nitrogens with one attached hydrogen (secondary N) is 1. The first-order valence-electron chi connectivity index (χ1n) is 6.71. The van der Waals surface area contributed by atoms with Crippen LogP contribution in [0.3, 0.4) is 0 Å². The van der Waals surface area contributed by atoms with E-state index in [9.17, 15) is 10.1 Å². The molecule has 104 valence electrons. The van der Waals surface area contributed by atoms with Crippen LogP contribution in [0.2, 0.25) is 0 Å². The molecule has 0 radical (unpaired) electrons. The molecule has 0 saturated heterocycles. The number of hydrogen-bond acceptors (Lipinski definition) is 3. The summed E-state index contributed by atoms with van der Waals surface area (Å²) in [6.45, 7) is 7.13. The van der Waals surface area contributed by atoms with Crippen molar-refractivity contribution in [2.24, 2.45) is 0 Å². The Morgan fingerprint density at radius 1 is 1.37 bits per heavy atom. The molecular formula is C15H22N2O2. The van der Waals surface area contributed by atoms with E-state index in [0.717, 1.165) is 30.5 Å². The molecule has 1 aromatic carbocycles. The van der Waals surface area contributed by atoms with Gasteiger partial charge in [0, 0.05) is 18.2 Å². The molecule has 1 rings (SSSR count). The molecule has 0 aliphatic heterocycles. The summed E-state index contributed by atoms with van der Waals surface area (Å²) in [6, 6.07) is 5.23. The molecule has 0 saturated carbocycles. The molecule has 0 spiro atoms. The summed E-state index contributed by atoms with van der Waals surface area (Å²) >= 11 is 0. The Bertz CT molecular complexity index is 430. The second kappa shape index (κ2) is 8.43. The van der Waals surface area contributed by atoms with E-state index in [4.69, 9.17) is 0 Å². The zero-order valence-electron chi connectivity index (χ0n) is 11.5. The molecule has 1 aromatic rings. The van der Waals surface area contributed by atoms with E-state index in [1.165, 1.54) is 12.8 Å². The Balaban J connectivity index is 2.35. The molecule has 0 fully saturated rings. The van der Waals surface area contributed by atoms with Crippen molar-refractivity contribution < 1.29 is 4.92 Å². The molecule has 1 N–H and O–H groups in total. The number of unbranched alkanes of at least 4 members (excludes halogenated alkanes) is 3. The van der Waals surface area contributed by atoms with Crippen LogP contribution in [-0.4, -0.2) is 11.5 Å². The molecule has 0 atom stereocenters. The van der Waals surface area contributed by atoms with Crippen molar-refractivity contribution in [1.29, 1.82) is 0 Å². The minimum absolute atomic E-state index is 0.199. The van der Waals surface area contributed by atoms with Crippen LogP contribution in [-0.2, 0) is 6.54 Å². The Kier molecular flexibility index (Phi) is 6.82. The molecule has 0 aliphatic carbocycles. The number of nitro groups is 1. The summed E-state index contributed by atoms with van der Waals surface area (Å²) in [5, 5.41) is 14.2. The van der Waals surface area contributed by atoms with Gasteiger partial charge in [0.25, 0.3) is 5.69 Å². The summed E-state index contributed by atoms with van der Waals surface area (Å²) in [4.78, 5) is 10.5. The maximum absolute atomic E-state index is 10.8. The van der Waals surface area contributed by atoms with Gasteiger partial charge in [0.1, 0.15) is 0 Å². The third kappa shape index (κ3) is 5.22. The molecule has 0 aliphatic rings. The lowest BCUT2D eigenvalue weighted by Gasteiger charge is -2.08. The van der Waals surface area contributed by atoms with Crippen LogP contribution in [0.5, 0.6) is 0 Å². The summed E-state index contributed by atoms with van der Waals surface area (Å²) in [7, 11) is 0. The Morgan fingerprint density at radius 3 is 2.84 bits per heavy atom. The van der Waals surface area contributed by atoms with Crippen molar-refractivity contribution >= 4 is 5.69 Å². The Morgan fingerprint density at radius 2 is 2.16 bits per heavy atom. The van der Waals surface area contributed by atoms with Gasteiger partial charge in [0.2, 0.25) is 0 Å². The predicted octanol–water partition coefficient (Wildman–Crippen LogP) is 3.74. The number of rotatable bonds is 9. The highest BCUT2D eigenvalue weighted by Crippen LogP contribution is 2.20. The first kappa shape index (κ1) is 15.4. The van der Waals surface area contributed by atoms with Crippen LogP contribution in [0, 0.1) is 17.0 Å². The van der Waals surface area contributed by atoms with Crippen molar-refractivity contribution in [1.82, 2.24) is 5.32 Å². The number of nitro benzene ring substituents is 1. The summed E-state index contributed by atoms with van der Waals surface area (Å²) in [5.41, 5.74) is 1.96. The van der Waals surface area contributed by atoms with Crippen molar-refractivity contribution in [2.45, 2.75) is 39.2 Å². The van der Waals surface area contributed by atoms with Crippen molar-refractivity contribution in [3.63, 3.8) is 0 Å². The first-order chi connectivity index (χ1) is 9.16. The normalized spacial score (nSPS) is 10.4. The van der Waals surface area contributed by atoms with E-state index in [2.05, 4.69) is 11.9 Å². The van der Waals surface area contributed by atoms with Crippen molar-refractivity contribution in [2.75, 3.05) is 6.54 Å². The minimum atomic E-state index is -0.325. The highest BCUT2D eigenvalue weighted by Gasteiger charge is 2.12. The largest absolute Gasteiger partial charge is 0.313 e. The molecule has 4 nitrogen and oxygen atoms in total. The smallest absolute Gasteiger partial charge is 0.272 e. The van der Waals surface area contributed by atoms with E-state index in [-0.39, 0.29) is 10.6 Å². The Hall–Kier alpha value is -1.68. The quantitative estimate of drug-likeness (QED) is 0.319. The molecular weight excluding hydrogens is 240 g/mol. The fraction of sp³-hybridized carbons (Fsp3) is 0.467. The van der Waals surface area contributed by atoms with Crippen LogP contribution in [0.4, 0.5) is 5.69 Å². The molecule has 0 unspecified atom stereocenters. The summed E-state index contributed by atoms with van der Waals surface area (Å²) in [5.74, 6) is 0. The standard InChI is InChI=1S/C15H22N2O2/c1-3-4-5-6-7-11-16-12-14-9-8-10-15(13(14)2)17(18)19/h3,8-10,16H,1,4-7,11-12H2,2H3. The van der Waals surface area contributed by atoms with Gasteiger partial charge >= 0.3 is 0 Å². The van der Waals surface area contributed by atoms with Gasteiger partial charge in [-0.1, -0.05) is 24.6 Å². The molecule has 0 heterocycles. The van der Waals surface area contributed by atoms with Crippen LogP contribution >= 0.6 is 0 Å². The zero-order chi connectivity index (χ0) is 14.1. The van der Waals surface area contributed by atoms with Gasteiger partial charge in [0.05, 0.1) is 4.92 Å². The van der Waals surface area contributed by atoms with Crippen LogP contribution in [0.25, 0.3) is 0 Å². The van der Waals surface area contributed by atoms with Gasteiger partial charge in [-0.15, -0.1) is 6.58 Å². The average molecular weight is 262 g/mol. The van der Waals surface area contributed by atoms with E-state index in [1.54, 1.807) is 19.1 Å². The first-order valence-corrected chi connectivity index (χ1v) is 6.71. The van der Waals surface area contributed by atoms with Crippen molar-refractivity contribution in [3.05, 3.63) is 52.1 Å². The van der Waals surface area contributed by atoms with Gasteiger partial charge in [-0.3, -0.25) is 10.1 Å². The Labute approximate surface area is 114 Å². The molecule has 0 amide bonds. The molecule has 19 heavy (non-hydrogen) atoms. The lowest BCUT2D eigenvalue weighted by atomic mass is 10.1. The van der Waals surface area contributed by atoms with E-state index in [0.29, 0.717) is 6.54 Å². The van der Waals surface area contributed by atoms with E-state index < -0.39 is 0 Å². The third-order valence-electron chi connectivity index (χ3n) is 3.19. The van der Waals surface area contributed by atoms with Crippen LogP contribution < -0.4 is 5.32 Å². The molecule has 0 bridgehead atoms. The fourth-order valence-corrected chi connectivity index (χ4v) is 2.00. The average Bonchev–Trinajstić information content (AvgIpc) is 2.39. The highest BCUT2D eigenvalue weighted by molar-refractivity contribution is 5.44. The zero-order valence-corrected chi connectivity index (χ0v) is 11.5. The van der Waals surface area contributed by atoms with Gasteiger partial charge in [0.15, 0.2) is 0 Å². The van der Waals surface area contributed by atoms with Crippen LogP contribution in [0.1, 0.15) is 36.8 Å². The second-order valence-corrected chi connectivity index (χ2v) is 4.63. The minimum Gasteiger partial charge on any atom is -0.313 e. The van der Waals surface area contributed by atoms with E-state index >= 15 is 0 Å². The van der Waals surface area contributed by atoms with Gasteiger partial charge in [-0.2, -0.15) is 0 Å².